The molecule has 0 amide bonds. The van der Waals surface area contributed by atoms with Crippen molar-refractivity contribution in [2.24, 2.45) is 0 Å². The minimum atomic E-state index is 0.0440. The second-order valence-electron chi connectivity index (χ2n) is 2.31. The molecule has 1 aromatic rings. The zero-order valence-electron chi connectivity index (χ0n) is 5.91. The predicted molar refractivity (Wildman–Crippen MR) is 34.7 cm³/mol. The van der Waals surface area contributed by atoms with Crippen molar-refractivity contribution in [2.75, 3.05) is 19.8 Å². The number of rotatable bonds is 1. The highest BCUT2D eigenvalue weighted by molar-refractivity contribution is 4.87. The number of hydrogen-bond acceptors (Lipinski definition) is 5. The first-order chi connectivity index (χ1) is 5.47. The number of ether oxygens (including phenoxy) is 1. The largest absolute Gasteiger partial charge is 0.415 e. The second-order valence-corrected chi connectivity index (χ2v) is 2.31. The molecule has 1 aliphatic heterocycles. The van der Waals surface area contributed by atoms with Crippen LogP contribution < -0.4 is 5.32 Å². The first-order valence-electron chi connectivity index (χ1n) is 3.47. The number of nitrogens with zero attached hydrogens (tertiary/aromatic N) is 2. The number of aromatic nitrogens is 2. The van der Waals surface area contributed by atoms with Gasteiger partial charge in [-0.15, -0.1) is 10.2 Å². The Morgan fingerprint density at radius 1 is 1.64 bits per heavy atom. The molecule has 1 aliphatic rings. The maximum Gasteiger partial charge on any atom is 0.305 e. The predicted octanol–water partition coefficient (Wildman–Crippen LogP) is -0.469. The zero-order chi connectivity index (χ0) is 7.52. The van der Waals surface area contributed by atoms with Gasteiger partial charge in [0.05, 0.1) is 13.2 Å². The Balaban J connectivity index is 2.04. The fraction of sp³-hybridized carbons (Fsp3) is 0.667. The Labute approximate surface area is 63.8 Å². The Hall–Kier alpha value is -0.940. The van der Waals surface area contributed by atoms with Crippen LogP contribution in [0.2, 0.25) is 0 Å². The van der Waals surface area contributed by atoms with Crippen LogP contribution in [0.3, 0.4) is 0 Å². The molecule has 1 fully saturated rings. The van der Waals surface area contributed by atoms with Crippen molar-refractivity contribution < 1.29 is 9.15 Å². The summed E-state index contributed by atoms with van der Waals surface area (Å²) in [5, 5.41) is 10.4. The lowest BCUT2D eigenvalue weighted by Crippen LogP contribution is -2.34. The van der Waals surface area contributed by atoms with Crippen molar-refractivity contribution in [2.45, 2.75) is 6.04 Å². The van der Waals surface area contributed by atoms with E-state index in [1.54, 1.807) is 0 Å². The van der Waals surface area contributed by atoms with Crippen molar-refractivity contribution in [1.29, 1.82) is 0 Å². The molecule has 1 saturated heterocycles. The average Bonchev–Trinajstić information content (AvgIpc) is 2.58. The minimum absolute atomic E-state index is 0.0440. The fourth-order valence-electron chi connectivity index (χ4n) is 1.02. The lowest BCUT2D eigenvalue weighted by molar-refractivity contribution is 0.0680. The second kappa shape index (κ2) is 2.98. The SMILES string of the molecule is [c]1nnc(C2COCCN2)o1. The average molecular weight is 154 g/mol. The molecule has 0 aliphatic carbocycles. The van der Waals surface area contributed by atoms with Crippen LogP contribution in [0.1, 0.15) is 11.9 Å². The third kappa shape index (κ3) is 1.38. The molecule has 1 atom stereocenters. The standard InChI is InChI=1S/C6H8N3O2/c1-2-10-3-5(7-1)6-9-8-4-11-6/h5,7H,1-3H2. The summed E-state index contributed by atoms with van der Waals surface area (Å²) in [7, 11) is 0. The van der Waals surface area contributed by atoms with Crippen molar-refractivity contribution in [1.82, 2.24) is 15.5 Å². The molecule has 59 valence electrons. The molecule has 5 heteroatoms. The van der Waals surface area contributed by atoms with Crippen LogP contribution in [-0.2, 0) is 4.74 Å². The quantitative estimate of drug-likeness (QED) is 0.592. The van der Waals surface area contributed by atoms with Gasteiger partial charge in [-0.3, -0.25) is 0 Å². The van der Waals surface area contributed by atoms with Crippen LogP contribution in [0.15, 0.2) is 4.42 Å². The fourth-order valence-corrected chi connectivity index (χ4v) is 1.02. The third-order valence-corrected chi connectivity index (χ3v) is 1.56. The summed E-state index contributed by atoms with van der Waals surface area (Å²) in [5.41, 5.74) is 0. The molecule has 11 heavy (non-hydrogen) atoms. The molecule has 1 radical (unpaired) electrons. The molecule has 5 nitrogen and oxygen atoms in total. The number of morpholine rings is 1. The van der Waals surface area contributed by atoms with Gasteiger partial charge >= 0.3 is 6.39 Å². The van der Waals surface area contributed by atoms with E-state index in [-0.39, 0.29) is 6.04 Å². The van der Waals surface area contributed by atoms with Crippen LogP contribution in [0, 0.1) is 6.39 Å². The number of hydrogen-bond donors (Lipinski definition) is 1. The molecule has 0 saturated carbocycles. The van der Waals surface area contributed by atoms with Crippen molar-refractivity contribution >= 4 is 0 Å². The van der Waals surface area contributed by atoms with E-state index in [9.17, 15) is 0 Å². The van der Waals surface area contributed by atoms with Gasteiger partial charge in [-0.2, -0.15) is 0 Å². The monoisotopic (exact) mass is 154 g/mol. The Kier molecular flexibility index (Phi) is 1.83. The molecular weight excluding hydrogens is 146 g/mol. The highest BCUT2D eigenvalue weighted by atomic mass is 16.5. The van der Waals surface area contributed by atoms with Gasteiger partial charge in [0, 0.05) is 6.54 Å². The van der Waals surface area contributed by atoms with Gasteiger partial charge in [-0.1, -0.05) is 0 Å². The molecule has 1 unspecified atom stereocenters. The highest BCUT2D eigenvalue weighted by Crippen LogP contribution is 2.10. The van der Waals surface area contributed by atoms with E-state index in [4.69, 9.17) is 9.15 Å². The van der Waals surface area contributed by atoms with Crippen LogP contribution in [0.25, 0.3) is 0 Å². The molecular formula is C6H8N3O2. The lowest BCUT2D eigenvalue weighted by atomic mass is 10.3. The van der Waals surface area contributed by atoms with Crippen LogP contribution >= 0.6 is 0 Å². The first-order valence-corrected chi connectivity index (χ1v) is 3.47. The molecule has 2 heterocycles. The molecule has 0 aromatic carbocycles. The van der Waals surface area contributed by atoms with Gasteiger partial charge in [0.15, 0.2) is 0 Å². The summed E-state index contributed by atoms with van der Waals surface area (Å²) in [6.07, 6.45) is 2.30. The van der Waals surface area contributed by atoms with Crippen LogP contribution in [0.5, 0.6) is 0 Å². The summed E-state index contributed by atoms with van der Waals surface area (Å²) in [5.74, 6) is 0.546. The summed E-state index contributed by atoms with van der Waals surface area (Å²) in [6.45, 7) is 2.16. The Bertz CT molecular complexity index is 206. The van der Waals surface area contributed by atoms with E-state index in [1.165, 1.54) is 0 Å². The molecule has 0 spiro atoms. The van der Waals surface area contributed by atoms with Crippen LogP contribution in [0.4, 0.5) is 0 Å². The minimum Gasteiger partial charge on any atom is -0.415 e. The van der Waals surface area contributed by atoms with E-state index < -0.39 is 0 Å². The highest BCUT2D eigenvalue weighted by Gasteiger charge is 2.19. The van der Waals surface area contributed by atoms with Gasteiger partial charge in [0.2, 0.25) is 5.89 Å². The van der Waals surface area contributed by atoms with Gasteiger partial charge in [-0.25, -0.2) is 0 Å². The smallest absolute Gasteiger partial charge is 0.305 e. The maximum absolute atomic E-state index is 5.20. The lowest BCUT2D eigenvalue weighted by Gasteiger charge is -2.20. The van der Waals surface area contributed by atoms with E-state index >= 15 is 0 Å². The van der Waals surface area contributed by atoms with Crippen molar-refractivity contribution in [3.8, 4) is 0 Å². The van der Waals surface area contributed by atoms with Crippen molar-refractivity contribution in [3.63, 3.8) is 0 Å². The van der Waals surface area contributed by atoms with Gasteiger partial charge in [-0.05, 0) is 0 Å². The zero-order valence-corrected chi connectivity index (χ0v) is 5.91. The van der Waals surface area contributed by atoms with E-state index in [0.29, 0.717) is 12.5 Å². The molecule has 1 aromatic heterocycles. The first kappa shape index (κ1) is 6.75. The van der Waals surface area contributed by atoms with Gasteiger partial charge in [0.1, 0.15) is 6.04 Å². The van der Waals surface area contributed by atoms with E-state index in [0.717, 1.165) is 13.2 Å². The summed E-state index contributed by atoms with van der Waals surface area (Å²) >= 11 is 0. The summed E-state index contributed by atoms with van der Waals surface area (Å²) in [4.78, 5) is 0. The molecule has 0 bridgehead atoms. The number of nitrogens with one attached hydrogen (secondary N) is 1. The Morgan fingerprint density at radius 2 is 2.64 bits per heavy atom. The van der Waals surface area contributed by atoms with E-state index in [1.807, 2.05) is 0 Å². The normalized spacial score (nSPS) is 25.3. The topological polar surface area (TPSA) is 60.2 Å². The maximum atomic E-state index is 5.20. The Morgan fingerprint density at radius 3 is 3.27 bits per heavy atom. The van der Waals surface area contributed by atoms with Gasteiger partial charge < -0.3 is 14.5 Å². The summed E-state index contributed by atoms with van der Waals surface area (Å²) in [6, 6.07) is 0.0440. The third-order valence-electron chi connectivity index (χ3n) is 1.56. The van der Waals surface area contributed by atoms with Gasteiger partial charge in [0.25, 0.3) is 0 Å². The summed E-state index contributed by atoms with van der Waals surface area (Å²) < 4.78 is 10.1. The van der Waals surface area contributed by atoms with Crippen LogP contribution in [-0.4, -0.2) is 30.0 Å². The van der Waals surface area contributed by atoms with E-state index in [2.05, 4.69) is 21.9 Å². The van der Waals surface area contributed by atoms with Crippen molar-refractivity contribution in [3.05, 3.63) is 12.3 Å². The molecule has 2 rings (SSSR count). The molecule has 1 N–H and O–H groups in total.